The SMILES string of the molecule is CCOc1ccc(S(=O)(=O)N[C@@H](C)C(=O)Nc2cccc(Br)c2)cc1C. The van der Waals surface area contributed by atoms with Crippen LogP contribution in [-0.4, -0.2) is 27.0 Å². The number of hydrogen-bond donors (Lipinski definition) is 2. The molecule has 0 spiro atoms. The van der Waals surface area contributed by atoms with Crippen molar-refractivity contribution in [2.24, 2.45) is 0 Å². The lowest BCUT2D eigenvalue weighted by Gasteiger charge is -2.15. The minimum Gasteiger partial charge on any atom is -0.494 e. The van der Waals surface area contributed by atoms with Crippen LogP contribution in [0.15, 0.2) is 51.8 Å². The first-order valence-corrected chi connectivity index (χ1v) is 10.3. The number of amides is 1. The van der Waals surface area contributed by atoms with E-state index in [0.717, 1.165) is 4.47 Å². The van der Waals surface area contributed by atoms with Crippen LogP contribution in [0.25, 0.3) is 0 Å². The van der Waals surface area contributed by atoms with E-state index in [1.54, 1.807) is 31.2 Å². The van der Waals surface area contributed by atoms with Gasteiger partial charge in [-0.3, -0.25) is 4.79 Å². The number of sulfonamides is 1. The van der Waals surface area contributed by atoms with E-state index in [-0.39, 0.29) is 4.90 Å². The summed E-state index contributed by atoms with van der Waals surface area (Å²) >= 11 is 3.32. The number of ether oxygens (including phenoxy) is 1. The summed E-state index contributed by atoms with van der Waals surface area (Å²) in [6, 6.07) is 10.7. The van der Waals surface area contributed by atoms with E-state index in [9.17, 15) is 13.2 Å². The highest BCUT2D eigenvalue weighted by atomic mass is 79.9. The molecule has 0 aliphatic rings. The first-order chi connectivity index (χ1) is 12.2. The first-order valence-electron chi connectivity index (χ1n) is 8.05. The molecule has 0 aromatic heterocycles. The lowest BCUT2D eigenvalue weighted by molar-refractivity contribution is -0.117. The molecule has 0 aliphatic heterocycles. The number of nitrogens with one attached hydrogen (secondary N) is 2. The monoisotopic (exact) mass is 440 g/mol. The molecule has 0 radical (unpaired) electrons. The molecule has 0 unspecified atom stereocenters. The number of hydrogen-bond acceptors (Lipinski definition) is 4. The summed E-state index contributed by atoms with van der Waals surface area (Å²) in [4.78, 5) is 12.3. The van der Waals surface area contributed by atoms with Gasteiger partial charge in [0.2, 0.25) is 15.9 Å². The van der Waals surface area contributed by atoms with Crippen LogP contribution in [-0.2, 0) is 14.8 Å². The molecular weight excluding hydrogens is 420 g/mol. The van der Waals surface area contributed by atoms with Crippen molar-refractivity contribution in [3.63, 3.8) is 0 Å². The fourth-order valence-electron chi connectivity index (χ4n) is 2.28. The molecule has 1 amide bonds. The molecule has 0 bridgehead atoms. The fourth-order valence-corrected chi connectivity index (χ4v) is 3.96. The van der Waals surface area contributed by atoms with Crippen LogP contribution in [0.2, 0.25) is 0 Å². The molecule has 2 N–H and O–H groups in total. The molecule has 0 saturated heterocycles. The van der Waals surface area contributed by atoms with Gasteiger partial charge >= 0.3 is 0 Å². The van der Waals surface area contributed by atoms with Crippen LogP contribution in [0.1, 0.15) is 19.4 Å². The quantitative estimate of drug-likeness (QED) is 0.690. The average molecular weight is 441 g/mol. The number of benzene rings is 2. The van der Waals surface area contributed by atoms with E-state index in [1.165, 1.54) is 19.1 Å². The molecule has 0 heterocycles. The molecule has 1 atom stereocenters. The number of carbonyl (C=O) groups is 1. The van der Waals surface area contributed by atoms with Crippen molar-refractivity contribution >= 4 is 37.5 Å². The third-order valence-electron chi connectivity index (χ3n) is 3.57. The zero-order valence-electron chi connectivity index (χ0n) is 14.7. The smallest absolute Gasteiger partial charge is 0.242 e. The zero-order chi connectivity index (χ0) is 19.3. The van der Waals surface area contributed by atoms with Crippen LogP contribution in [0, 0.1) is 6.92 Å². The van der Waals surface area contributed by atoms with Gasteiger partial charge in [-0.05, 0) is 62.7 Å². The van der Waals surface area contributed by atoms with Crippen LogP contribution < -0.4 is 14.8 Å². The third kappa shape index (κ3) is 5.30. The van der Waals surface area contributed by atoms with Crippen LogP contribution in [0.3, 0.4) is 0 Å². The predicted molar refractivity (Wildman–Crippen MR) is 105 cm³/mol. The summed E-state index contributed by atoms with van der Waals surface area (Å²) < 4.78 is 33.7. The first kappa shape index (κ1) is 20.4. The Hall–Kier alpha value is -1.90. The van der Waals surface area contributed by atoms with E-state index in [4.69, 9.17) is 4.74 Å². The van der Waals surface area contributed by atoms with Gasteiger partial charge in [0.25, 0.3) is 0 Å². The highest BCUT2D eigenvalue weighted by Gasteiger charge is 2.22. The van der Waals surface area contributed by atoms with Crippen molar-refractivity contribution in [3.8, 4) is 5.75 Å². The van der Waals surface area contributed by atoms with Crippen molar-refractivity contribution in [3.05, 3.63) is 52.5 Å². The molecule has 2 aromatic rings. The number of anilines is 1. The normalized spacial score (nSPS) is 12.5. The molecule has 8 heteroatoms. The minimum absolute atomic E-state index is 0.0839. The van der Waals surface area contributed by atoms with E-state index in [2.05, 4.69) is 26.0 Å². The van der Waals surface area contributed by atoms with Gasteiger partial charge in [0.15, 0.2) is 0 Å². The van der Waals surface area contributed by atoms with Gasteiger partial charge in [-0.25, -0.2) is 8.42 Å². The van der Waals surface area contributed by atoms with Crippen LogP contribution in [0.5, 0.6) is 5.75 Å². The topological polar surface area (TPSA) is 84.5 Å². The second-order valence-corrected chi connectivity index (χ2v) is 8.33. The van der Waals surface area contributed by atoms with Crippen molar-refractivity contribution in [2.45, 2.75) is 31.7 Å². The Kier molecular flexibility index (Phi) is 6.80. The second-order valence-electron chi connectivity index (χ2n) is 5.70. The Bertz CT molecular complexity index is 900. The maximum atomic E-state index is 12.5. The Morgan fingerprint density at radius 1 is 1.23 bits per heavy atom. The van der Waals surface area contributed by atoms with Gasteiger partial charge in [-0.1, -0.05) is 22.0 Å². The number of rotatable bonds is 7. The summed E-state index contributed by atoms with van der Waals surface area (Å²) in [5.41, 5.74) is 1.29. The molecular formula is C18H21BrN2O4S. The molecule has 0 aliphatic carbocycles. The summed E-state index contributed by atoms with van der Waals surface area (Å²) in [7, 11) is -3.83. The van der Waals surface area contributed by atoms with Crippen molar-refractivity contribution in [1.82, 2.24) is 4.72 Å². The van der Waals surface area contributed by atoms with Crippen LogP contribution >= 0.6 is 15.9 Å². The lowest BCUT2D eigenvalue weighted by atomic mass is 10.2. The van der Waals surface area contributed by atoms with E-state index >= 15 is 0 Å². The standard InChI is InChI=1S/C18H21BrN2O4S/c1-4-25-17-9-8-16(10-12(17)2)26(23,24)21-13(3)18(22)20-15-7-5-6-14(19)11-15/h5-11,13,21H,4H2,1-3H3,(H,20,22)/t13-/m0/s1. The summed E-state index contributed by atoms with van der Waals surface area (Å²) in [5, 5.41) is 2.68. The maximum absolute atomic E-state index is 12.5. The molecule has 2 rings (SSSR count). The number of halogens is 1. The fraction of sp³-hybridized carbons (Fsp3) is 0.278. The maximum Gasteiger partial charge on any atom is 0.242 e. The molecule has 140 valence electrons. The molecule has 0 saturated carbocycles. The highest BCUT2D eigenvalue weighted by molar-refractivity contribution is 9.10. The summed E-state index contributed by atoms with van der Waals surface area (Å²) in [5.74, 6) is 0.182. The van der Waals surface area contributed by atoms with Gasteiger partial charge in [0.1, 0.15) is 5.75 Å². The average Bonchev–Trinajstić information content (AvgIpc) is 2.56. The summed E-state index contributed by atoms with van der Waals surface area (Å²) in [6.45, 7) is 5.62. The predicted octanol–water partition coefficient (Wildman–Crippen LogP) is 3.46. The van der Waals surface area contributed by atoms with Crippen molar-refractivity contribution in [2.75, 3.05) is 11.9 Å². The van der Waals surface area contributed by atoms with Crippen LogP contribution in [0.4, 0.5) is 5.69 Å². The zero-order valence-corrected chi connectivity index (χ0v) is 17.1. The van der Waals surface area contributed by atoms with Crippen molar-refractivity contribution < 1.29 is 17.9 Å². The van der Waals surface area contributed by atoms with Crippen molar-refractivity contribution in [1.29, 1.82) is 0 Å². The minimum atomic E-state index is -3.83. The second kappa shape index (κ2) is 8.66. The number of carbonyl (C=O) groups excluding carboxylic acids is 1. The van der Waals surface area contributed by atoms with E-state index in [0.29, 0.717) is 23.6 Å². The van der Waals surface area contributed by atoms with E-state index in [1.807, 2.05) is 13.0 Å². The van der Waals surface area contributed by atoms with Gasteiger partial charge in [-0.2, -0.15) is 4.72 Å². The molecule has 2 aromatic carbocycles. The molecule has 26 heavy (non-hydrogen) atoms. The van der Waals surface area contributed by atoms with Gasteiger partial charge < -0.3 is 10.1 Å². The van der Waals surface area contributed by atoms with E-state index < -0.39 is 22.0 Å². The van der Waals surface area contributed by atoms with Gasteiger partial charge in [-0.15, -0.1) is 0 Å². The highest BCUT2D eigenvalue weighted by Crippen LogP contribution is 2.22. The Labute approximate surface area is 162 Å². The lowest BCUT2D eigenvalue weighted by Crippen LogP contribution is -2.41. The Morgan fingerprint density at radius 2 is 1.96 bits per heavy atom. The van der Waals surface area contributed by atoms with Gasteiger partial charge in [0.05, 0.1) is 17.5 Å². The summed E-state index contributed by atoms with van der Waals surface area (Å²) in [6.07, 6.45) is 0. The van der Waals surface area contributed by atoms with Gasteiger partial charge in [0, 0.05) is 10.2 Å². The Morgan fingerprint density at radius 3 is 2.58 bits per heavy atom. The Balaban J connectivity index is 2.10. The molecule has 0 fully saturated rings. The molecule has 6 nitrogen and oxygen atoms in total. The number of aryl methyl sites for hydroxylation is 1. The largest absolute Gasteiger partial charge is 0.494 e. The third-order valence-corrected chi connectivity index (χ3v) is 5.61.